The van der Waals surface area contributed by atoms with E-state index in [1.165, 1.54) is 38.5 Å². The number of nitrogens with zero attached hydrogens (tertiary/aromatic N) is 2. The van der Waals surface area contributed by atoms with Crippen molar-refractivity contribution in [3.63, 3.8) is 0 Å². The molecule has 142 valence electrons. The Balaban J connectivity index is 1.65. The van der Waals surface area contributed by atoms with E-state index < -0.39 is 0 Å². The number of carbonyl (C=O) groups is 1. The third-order valence-electron chi connectivity index (χ3n) is 4.34. The van der Waals surface area contributed by atoms with Crippen molar-refractivity contribution in [2.45, 2.75) is 51.9 Å². The molecule has 1 heterocycles. The number of anilines is 1. The van der Waals surface area contributed by atoms with E-state index in [-0.39, 0.29) is 12.5 Å². The summed E-state index contributed by atoms with van der Waals surface area (Å²) >= 11 is 0. The summed E-state index contributed by atoms with van der Waals surface area (Å²) in [5.41, 5.74) is 1.87. The molecule has 5 nitrogen and oxygen atoms in total. The Morgan fingerprint density at radius 1 is 1.08 bits per heavy atom. The third kappa shape index (κ3) is 7.00. The zero-order valence-corrected chi connectivity index (χ0v) is 16.0. The van der Waals surface area contributed by atoms with Crippen LogP contribution < -0.4 is 5.32 Å². The molecule has 0 fully saturated rings. The maximum Gasteiger partial charge on any atom is 0.251 e. The molecule has 0 aliphatic carbocycles. The number of aromatic nitrogens is 2. The van der Waals surface area contributed by atoms with Crippen LogP contribution in [-0.4, -0.2) is 28.9 Å². The first-order valence-electron chi connectivity index (χ1n) is 9.67. The van der Waals surface area contributed by atoms with Crippen molar-refractivity contribution in [1.82, 2.24) is 9.78 Å². The first kappa shape index (κ1) is 20.2. The number of benzene rings is 1. The second-order valence-corrected chi connectivity index (χ2v) is 6.63. The highest BCUT2D eigenvalue weighted by Crippen LogP contribution is 2.20. The van der Waals surface area contributed by atoms with E-state index in [1.54, 1.807) is 4.68 Å². The quantitative estimate of drug-likeness (QED) is 0.556. The molecule has 1 aromatic carbocycles. The Labute approximate surface area is 156 Å². The van der Waals surface area contributed by atoms with Gasteiger partial charge in [-0.2, -0.15) is 5.10 Å². The summed E-state index contributed by atoms with van der Waals surface area (Å²) in [7, 11) is 1.82. The molecule has 1 aromatic heterocycles. The van der Waals surface area contributed by atoms with Crippen LogP contribution in [-0.2, 0) is 16.6 Å². The van der Waals surface area contributed by atoms with Crippen molar-refractivity contribution in [3.05, 3.63) is 36.4 Å². The highest BCUT2D eigenvalue weighted by molar-refractivity contribution is 5.91. The van der Waals surface area contributed by atoms with Gasteiger partial charge in [-0.25, -0.2) is 0 Å². The molecule has 2 rings (SSSR count). The number of hydrogen-bond donors (Lipinski definition) is 1. The minimum absolute atomic E-state index is 0.0850. The first-order valence-corrected chi connectivity index (χ1v) is 9.67. The predicted molar refractivity (Wildman–Crippen MR) is 106 cm³/mol. The number of hydrogen-bond acceptors (Lipinski definition) is 3. The van der Waals surface area contributed by atoms with Gasteiger partial charge >= 0.3 is 0 Å². The number of amides is 1. The molecule has 0 spiro atoms. The SMILES string of the molecule is CCCCCCCCCOCC(=O)Nc1cc(-c2ccccc2)nn1C. The molecule has 0 saturated carbocycles. The van der Waals surface area contributed by atoms with Crippen LogP contribution in [0.15, 0.2) is 36.4 Å². The number of carbonyl (C=O) groups excluding carboxylic acids is 1. The summed E-state index contributed by atoms with van der Waals surface area (Å²) < 4.78 is 7.16. The van der Waals surface area contributed by atoms with Crippen LogP contribution >= 0.6 is 0 Å². The monoisotopic (exact) mass is 357 g/mol. The molecule has 0 atom stereocenters. The smallest absolute Gasteiger partial charge is 0.251 e. The second-order valence-electron chi connectivity index (χ2n) is 6.63. The standard InChI is InChI=1S/C21H31N3O2/c1-3-4-5-6-7-8-12-15-26-17-21(25)22-20-16-19(23-24(20)2)18-13-10-9-11-14-18/h9-11,13-14,16H,3-8,12,15,17H2,1-2H3,(H,22,25). The van der Waals surface area contributed by atoms with Crippen LogP contribution in [0.2, 0.25) is 0 Å². The van der Waals surface area contributed by atoms with Crippen LogP contribution in [0, 0.1) is 0 Å². The van der Waals surface area contributed by atoms with Crippen molar-refractivity contribution in [2.24, 2.45) is 7.05 Å². The van der Waals surface area contributed by atoms with Crippen LogP contribution in [0.1, 0.15) is 51.9 Å². The van der Waals surface area contributed by atoms with Gasteiger partial charge in [-0.1, -0.05) is 75.8 Å². The van der Waals surface area contributed by atoms with E-state index >= 15 is 0 Å². The fourth-order valence-electron chi connectivity index (χ4n) is 2.84. The number of aryl methyl sites for hydroxylation is 1. The number of ether oxygens (including phenoxy) is 1. The summed E-state index contributed by atoms with van der Waals surface area (Å²) in [5, 5.41) is 7.31. The molecular formula is C21H31N3O2. The average molecular weight is 357 g/mol. The van der Waals surface area contributed by atoms with Gasteiger partial charge < -0.3 is 10.1 Å². The Morgan fingerprint density at radius 3 is 2.50 bits per heavy atom. The molecular weight excluding hydrogens is 326 g/mol. The molecule has 1 amide bonds. The van der Waals surface area contributed by atoms with Gasteiger partial charge in [-0.3, -0.25) is 9.48 Å². The van der Waals surface area contributed by atoms with Gasteiger partial charge in [-0.15, -0.1) is 0 Å². The maximum absolute atomic E-state index is 12.0. The Morgan fingerprint density at radius 2 is 1.77 bits per heavy atom. The number of unbranched alkanes of at least 4 members (excludes halogenated alkanes) is 6. The molecule has 26 heavy (non-hydrogen) atoms. The lowest BCUT2D eigenvalue weighted by atomic mass is 10.1. The van der Waals surface area contributed by atoms with E-state index in [2.05, 4.69) is 17.3 Å². The highest BCUT2D eigenvalue weighted by atomic mass is 16.5. The number of nitrogens with one attached hydrogen (secondary N) is 1. The largest absolute Gasteiger partial charge is 0.372 e. The van der Waals surface area contributed by atoms with E-state index in [0.717, 1.165) is 17.7 Å². The van der Waals surface area contributed by atoms with E-state index in [9.17, 15) is 4.79 Å². The minimum atomic E-state index is -0.143. The molecule has 2 aromatic rings. The van der Waals surface area contributed by atoms with Gasteiger partial charge in [0.15, 0.2) is 0 Å². The predicted octanol–water partition coefficient (Wildman–Crippen LogP) is 4.79. The van der Waals surface area contributed by atoms with Gasteiger partial charge in [0.1, 0.15) is 12.4 Å². The molecule has 5 heteroatoms. The molecule has 0 saturated heterocycles. The van der Waals surface area contributed by atoms with Crippen molar-refractivity contribution in [2.75, 3.05) is 18.5 Å². The lowest BCUT2D eigenvalue weighted by Gasteiger charge is -2.06. The van der Waals surface area contributed by atoms with Gasteiger partial charge in [0.2, 0.25) is 0 Å². The molecule has 0 bridgehead atoms. The van der Waals surface area contributed by atoms with Crippen LogP contribution in [0.5, 0.6) is 0 Å². The second kappa shape index (κ2) is 11.5. The lowest BCUT2D eigenvalue weighted by Crippen LogP contribution is -2.20. The maximum atomic E-state index is 12.0. The summed E-state index contributed by atoms with van der Waals surface area (Å²) in [5.74, 6) is 0.531. The highest BCUT2D eigenvalue weighted by Gasteiger charge is 2.10. The van der Waals surface area contributed by atoms with Gasteiger partial charge in [0, 0.05) is 25.3 Å². The van der Waals surface area contributed by atoms with Crippen molar-refractivity contribution < 1.29 is 9.53 Å². The van der Waals surface area contributed by atoms with E-state index in [1.807, 2.05) is 43.4 Å². The Bertz CT molecular complexity index is 653. The van der Waals surface area contributed by atoms with Crippen LogP contribution in [0.4, 0.5) is 5.82 Å². The summed E-state index contributed by atoms with van der Waals surface area (Å²) in [4.78, 5) is 12.0. The van der Waals surface area contributed by atoms with Gasteiger partial charge in [0.05, 0.1) is 5.69 Å². The fraction of sp³-hybridized carbons (Fsp3) is 0.524. The third-order valence-corrected chi connectivity index (χ3v) is 4.34. The molecule has 0 aliphatic rings. The van der Waals surface area contributed by atoms with Crippen LogP contribution in [0.25, 0.3) is 11.3 Å². The van der Waals surface area contributed by atoms with Gasteiger partial charge in [-0.05, 0) is 6.42 Å². The zero-order chi connectivity index (χ0) is 18.6. The lowest BCUT2D eigenvalue weighted by molar-refractivity contribution is -0.120. The Kier molecular flexibility index (Phi) is 8.90. The van der Waals surface area contributed by atoms with Gasteiger partial charge in [0.25, 0.3) is 5.91 Å². The van der Waals surface area contributed by atoms with Crippen molar-refractivity contribution in [1.29, 1.82) is 0 Å². The van der Waals surface area contributed by atoms with Crippen LogP contribution in [0.3, 0.4) is 0 Å². The Hall–Kier alpha value is -2.14. The van der Waals surface area contributed by atoms with E-state index in [4.69, 9.17) is 4.74 Å². The summed E-state index contributed by atoms with van der Waals surface area (Å²) in [6.45, 7) is 2.95. The fourth-order valence-corrected chi connectivity index (χ4v) is 2.84. The topological polar surface area (TPSA) is 56.1 Å². The first-order chi connectivity index (χ1) is 12.7. The molecule has 0 unspecified atom stereocenters. The summed E-state index contributed by atoms with van der Waals surface area (Å²) in [6, 6.07) is 11.8. The zero-order valence-electron chi connectivity index (χ0n) is 16.0. The van der Waals surface area contributed by atoms with Crippen molar-refractivity contribution in [3.8, 4) is 11.3 Å². The molecule has 1 N–H and O–H groups in total. The normalized spacial score (nSPS) is 10.8. The average Bonchev–Trinajstić information content (AvgIpc) is 3.01. The molecule has 0 aliphatic heterocycles. The van der Waals surface area contributed by atoms with E-state index in [0.29, 0.717) is 12.4 Å². The van der Waals surface area contributed by atoms with Crippen molar-refractivity contribution >= 4 is 11.7 Å². The minimum Gasteiger partial charge on any atom is -0.372 e. The summed E-state index contributed by atoms with van der Waals surface area (Å²) in [6.07, 6.45) is 8.69. The number of rotatable bonds is 12. The molecule has 0 radical (unpaired) electrons.